The van der Waals surface area contributed by atoms with Gasteiger partial charge in [-0.2, -0.15) is 9.78 Å². The third kappa shape index (κ3) is 1.89. The number of fused-ring (bicyclic) bond motifs is 1. The lowest BCUT2D eigenvalue weighted by Gasteiger charge is -2.02. The van der Waals surface area contributed by atoms with Crippen LogP contribution >= 0.6 is 34.8 Å². The van der Waals surface area contributed by atoms with E-state index in [1.807, 2.05) is 0 Å². The molecule has 3 rings (SSSR count). The Labute approximate surface area is 124 Å². The molecule has 0 atom stereocenters. The van der Waals surface area contributed by atoms with E-state index in [9.17, 15) is 0 Å². The monoisotopic (exact) mass is 370 g/mol. The number of aromatic nitrogens is 2. The molecule has 1 aromatic carbocycles. The zero-order chi connectivity index (χ0) is 12.7. The summed E-state index contributed by atoms with van der Waals surface area (Å²) in [5, 5.41) is 8.08. The molecule has 0 saturated heterocycles. The quantitative estimate of drug-likeness (QED) is 0.597. The summed E-state index contributed by atoms with van der Waals surface area (Å²) in [4.78, 5) is 0. The highest BCUT2D eigenvalue weighted by Crippen LogP contribution is 2.32. The number of benzene rings is 1. The van der Waals surface area contributed by atoms with Gasteiger partial charge in [0.25, 0.3) is 0 Å². The molecule has 4 nitrogen and oxygen atoms in total. The second kappa shape index (κ2) is 4.51. The minimum Gasteiger partial charge on any atom is -0.374 e. The number of rotatable bonds is 1. The van der Waals surface area contributed by atoms with Crippen LogP contribution in [0.2, 0.25) is 0 Å². The summed E-state index contributed by atoms with van der Waals surface area (Å²) >= 11 is 7.31. The van der Waals surface area contributed by atoms with Crippen LogP contribution < -0.4 is 11.1 Å². The first-order chi connectivity index (χ1) is 8.66. The second-order valence-corrected chi connectivity index (χ2v) is 5.77. The molecule has 0 radical (unpaired) electrons. The van der Waals surface area contributed by atoms with Crippen LogP contribution in [0.1, 0.15) is 5.56 Å². The molecule has 2 aromatic rings. The molecule has 1 aromatic heterocycles. The predicted molar refractivity (Wildman–Crippen MR) is 84.8 cm³/mol. The topological polar surface area (TPSA) is 55.9 Å². The SMILES string of the molecule is NC(=S)n1nc(-c2ccc(I)cc2)c2c1NCC2. The number of nitrogens with one attached hydrogen (secondary N) is 1. The molecule has 0 saturated carbocycles. The molecule has 2 heterocycles. The van der Waals surface area contributed by atoms with Gasteiger partial charge >= 0.3 is 0 Å². The Bertz CT molecular complexity index is 618. The van der Waals surface area contributed by atoms with Gasteiger partial charge in [0.1, 0.15) is 5.82 Å². The number of hydrogen-bond donors (Lipinski definition) is 2. The molecule has 0 bridgehead atoms. The van der Waals surface area contributed by atoms with E-state index < -0.39 is 0 Å². The minimum absolute atomic E-state index is 0.275. The van der Waals surface area contributed by atoms with Crippen LogP contribution in [0.3, 0.4) is 0 Å². The summed E-state index contributed by atoms with van der Waals surface area (Å²) in [7, 11) is 0. The van der Waals surface area contributed by atoms with Crippen molar-refractivity contribution in [3.8, 4) is 11.3 Å². The van der Waals surface area contributed by atoms with Crippen LogP contribution in [0, 0.1) is 3.57 Å². The number of halogens is 1. The van der Waals surface area contributed by atoms with Crippen molar-refractivity contribution in [3.63, 3.8) is 0 Å². The highest BCUT2D eigenvalue weighted by molar-refractivity contribution is 14.1. The summed E-state index contributed by atoms with van der Waals surface area (Å²) in [5.41, 5.74) is 8.96. The largest absolute Gasteiger partial charge is 0.374 e. The molecule has 92 valence electrons. The van der Waals surface area contributed by atoms with Crippen LogP contribution in [0.5, 0.6) is 0 Å². The summed E-state index contributed by atoms with van der Waals surface area (Å²) in [6, 6.07) is 8.30. The van der Waals surface area contributed by atoms with Crippen molar-refractivity contribution in [2.24, 2.45) is 5.73 Å². The van der Waals surface area contributed by atoms with Gasteiger partial charge in [0, 0.05) is 21.2 Å². The van der Waals surface area contributed by atoms with E-state index in [0.717, 1.165) is 30.0 Å². The van der Waals surface area contributed by atoms with Gasteiger partial charge in [-0.25, -0.2) is 0 Å². The number of nitrogens with zero attached hydrogens (tertiary/aromatic N) is 2. The third-order valence-corrected chi connectivity index (χ3v) is 3.87. The van der Waals surface area contributed by atoms with E-state index in [0.29, 0.717) is 0 Å². The van der Waals surface area contributed by atoms with E-state index in [1.54, 1.807) is 4.68 Å². The molecule has 18 heavy (non-hydrogen) atoms. The van der Waals surface area contributed by atoms with Crippen molar-refractivity contribution in [3.05, 3.63) is 33.4 Å². The van der Waals surface area contributed by atoms with E-state index in [4.69, 9.17) is 18.0 Å². The van der Waals surface area contributed by atoms with Gasteiger partial charge in [0.05, 0.1) is 5.69 Å². The Balaban J connectivity index is 2.15. The maximum atomic E-state index is 5.69. The zero-order valence-corrected chi connectivity index (χ0v) is 12.5. The van der Waals surface area contributed by atoms with Gasteiger partial charge in [-0.3, -0.25) is 0 Å². The van der Waals surface area contributed by atoms with Gasteiger partial charge < -0.3 is 11.1 Å². The highest BCUT2D eigenvalue weighted by Gasteiger charge is 2.23. The number of anilines is 1. The van der Waals surface area contributed by atoms with Gasteiger partial charge in [0.15, 0.2) is 5.11 Å². The molecule has 0 unspecified atom stereocenters. The summed E-state index contributed by atoms with van der Waals surface area (Å²) in [6.45, 7) is 0.910. The van der Waals surface area contributed by atoms with Crippen molar-refractivity contribution in [1.29, 1.82) is 0 Å². The van der Waals surface area contributed by atoms with Crippen LogP contribution in [0.15, 0.2) is 24.3 Å². The Hall–Kier alpha value is -1.15. The third-order valence-electron chi connectivity index (χ3n) is 2.98. The molecule has 3 N–H and O–H groups in total. The van der Waals surface area contributed by atoms with Crippen LogP contribution in [-0.4, -0.2) is 21.4 Å². The highest BCUT2D eigenvalue weighted by atomic mass is 127. The molecule has 6 heteroatoms. The fraction of sp³-hybridized carbons (Fsp3) is 0.167. The van der Waals surface area contributed by atoms with Gasteiger partial charge in [-0.1, -0.05) is 12.1 Å². The van der Waals surface area contributed by atoms with E-state index in [2.05, 4.69) is 57.3 Å². The fourth-order valence-electron chi connectivity index (χ4n) is 2.17. The van der Waals surface area contributed by atoms with Crippen LogP contribution in [0.4, 0.5) is 5.82 Å². The molecule has 0 fully saturated rings. The molecular formula is C12H11IN4S. The maximum Gasteiger partial charge on any atom is 0.193 e. The number of nitrogens with two attached hydrogens (primary N) is 1. The van der Waals surface area contributed by atoms with Crippen molar-refractivity contribution >= 4 is 45.7 Å². The molecule has 0 aliphatic carbocycles. The maximum absolute atomic E-state index is 5.69. The number of hydrogen-bond acceptors (Lipinski definition) is 3. The first kappa shape index (κ1) is 11.9. The Morgan fingerprint density at radius 2 is 2.11 bits per heavy atom. The lowest BCUT2D eigenvalue weighted by atomic mass is 10.1. The predicted octanol–water partition coefficient (Wildman–Crippen LogP) is 2.21. The Morgan fingerprint density at radius 3 is 2.78 bits per heavy atom. The lowest BCUT2D eigenvalue weighted by molar-refractivity contribution is 0.935. The van der Waals surface area contributed by atoms with Crippen LogP contribution in [-0.2, 0) is 6.42 Å². The Kier molecular flexibility index (Phi) is 2.98. The van der Waals surface area contributed by atoms with Crippen molar-refractivity contribution in [1.82, 2.24) is 9.78 Å². The standard InChI is InChI=1S/C12H11IN4S/c13-8-3-1-7(2-4-8)10-9-5-6-15-11(9)17(16-10)12(14)18/h1-4,15H,5-6H2,(H2,14,18). The molecular weight excluding hydrogens is 359 g/mol. The summed E-state index contributed by atoms with van der Waals surface area (Å²) < 4.78 is 2.82. The second-order valence-electron chi connectivity index (χ2n) is 4.11. The van der Waals surface area contributed by atoms with E-state index in [-0.39, 0.29) is 5.11 Å². The van der Waals surface area contributed by atoms with E-state index in [1.165, 1.54) is 9.13 Å². The van der Waals surface area contributed by atoms with Crippen molar-refractivity contribution in [2.45, 2.75) is 6.42 Å². The minimum atomic E-state index is 0.275. The van der Waals surface area contributed by atoms with Gasteiger partial charge in [-0.15, -0.1) is 0 Å². The van der Waals surface area contributed by atoms with Crippen LogP contribution in [0.25, 0.3) is 11.3 Å². The van der Waals surface area contributed by atoms with Crippen molar-refractivity contribution in [2.75, 3.05) is 11.9 Å². The molecule has 1 aliphatic heterocycles. The smallest absolute Gasteiger partial charge is 0.193 e. The molecule has 0 amide bonds. The number of thiocarbonyl (C=S) groups is 1. The Morgan fingerprint density at radius 1 is 1.39 bits per heavy atom. The first-order valence-corrected chi connectivity index (χ1v) is 7.07. The average Bonchev–Trinajstić information content (AvgIpc) is 2.91. The zero-order valence-electron chi connectivity index (χ0n) is 9.48. The fourth-order valence-corrected chi connectivity index (χ4v) is 2.67. The van der Waals surface area contributed by atoms with Crippen molar-refractivity contribution < 1.29 is 0 Å². The first-order valence-electron chi connectivity index (χ1n) is 5.58. The normalized spacial score (nSPS) is 13.2. The molecule has 1 aliphatic rings. The van der Waals surface area contributed by atoms with Gasteiger partial charge in [0.2, 0.25) is 0 Å². The summed E-state index contributed by atoms with van der Waals surface area (Å²) in [6.07, 6.45) is 0.958. The average molecular weight is 370 g/mol. The molecule has 0 spiro atoms. The summed E-state index contributed by atoms with van der Waals surface area (Å²) in [5.74, 6) is 0.941. The van der Waals surface area contributed by atoms with E-state index >= 15 is 0 Å². The lowest BCUT2D eigenvalue weighted by Crippen LogP contribution is -2.22. The van der Waals surface area contributed by atoms with Gasteiger partial charge in [-0.05, 0) is 53.4 Å².